The Morgan fingerprint density at radius 2 is 1.76 bits per heavy atom. The Labute approximate surface area is 120 Å². The maximum atomic E-state index is 13.5. The first-order chi connectivity index (χ1) is 10.1. The van der Waals surface area contributed by atoms with Gasteiger partial charge in [0.25, 0.3) is 5.91 Å². The summed E-state index contributed by atoms with van der Waals surface area (Å²) in [7, 11) is 0. The van der Waals surface area contributed by atoms with E-state index in [1.165, 1.54) is 12.1 Å². The van der Waals surface area contributed by atoms with Crippen LogP contribution in [0.2, 0.25) is 0 Å². The summed E-state index contributed by atoms with van der Waals surface area (Å²) in [6, 6.07) is 9.86. The molecule has 5 heteroatoms. The molecule has 106 valence electrons. The highest BCUT2D eigenvalue weighted by Crippen LogP contribution is 2.19. The van der Waals surface area contributed by atoms with Crippen molar-refractivity contribution in [3.8, 4) is 11.8 Å². The normalized spacial score (nSPS) is 9.67. The van der Waals surface area contributed by atoms with Gasteiger partial charge in [-0.2, -0.15) is 0 Å². The van der Waals surface area contributed by atoms with Gasteiger partial charge in [0.05, 0.1) is 12.1 Å². The van der Waals surface area contributed by atoms with Crippen LogP contribution in [0.25, 0.3) is 0 Å². The number of amides is 1. The molecule has 0 heterocycles. The molecule has 3 nitrogen and oxygen atoms in total. The van der Waals surface area contributed by atoms with Crippen molar-refractivity contribution in [1.82, 2.24) is 0 Å². The number of benzene rings is 2. The van der Waals surface area contributed by atoms with Crippen LogP contribution in [0, 0.1) is 23.5 Å². The van der Waals surface area contributed by atoms with E-state index in [0.29, 0.717) is 5.56 Å². The molecule has 0 spiro atoms. The van der Waals surface area contributed by atoms with E-state index in [-0.39, 0.29) is 12.1 Å². The number of carbonyl (C=O) groups excluding carboxylic acids is 1. The molecule has 0 saturated heterocycles. The molecule has 2 aromatic rings. The van der Waals surface area contributed by atoms with Gasteiger partial charge in [-0.1, -0.05) is 30.0 Å². The van der Waals surface area contributed by atoms with E-state index in [2.05, 4.69) is 17.2 Å². The van der Waals surface area contributed by atoms with Crippen LogP contribution in [-0.2, 0) is 0 Å². The lowest BCUT2D eigenvalue weighted by molar-refractivity contribution is 0.102. The molecule has 0 bridgehead atoms. The van der Waals surface area contributed by atoms with Crippen LogP contribution >= 0.6 is 0 Å². The van der Waals surface area contributed by atoms with Crippen molar-refractivity contribution >= 4 is 11.6 Å². The molecular weight excluding hydrogens is 274 g/mol. The van der Waals surface area contributed by atoms with E-state index in [0.717, 1.165) is 12.1 Å². The van der Waals surface area contributed by atoms with Gasteiger partial charge in [0.2, 0.25) is 0 Å². The van der Waals surface area contributed by atoms with Gasteiger partial charge in [0, 0.05) is 5.56 Å². The van der Waals surface area contributed by atoms with E-state index in [1.807, 2.05) is 0 Å². The lowest BCUT2D eigenvalue weighted by Crippen LogP contribution is -2.15. The highest BCUT2D eigenvalue weighted by Gasteiger charge is 2.15. The van der Waals surface area contributed by atoms with Gasteiger partial charge >= 0.3 is 0 Å². The van der Waals surface area contributed by atoms with Gasteiger partial charge in [0.1, 0.15) is 17.3 Å². The highest BCUT2D eigenvalue weighted by atomic mass is 19.1. The zero-order chi connectivity index (χ0) is 15.2. The number of para-hydroxylation sites is 1. The summed E-state index contributed by atoms with van der Waals surface area (Å²) in [5.41, 5.74) is 5.48. The maximum absolute atomic E-state index is 13.5. The first-order valence-electron chi connectivity index (χ1n) is 6.17. The summed E-state index contributed by atoms with van der Waals surface area (Å²) in [6.07, 6.45) is 0. The molecule has 21 heavy (non-hydrogen) atoms. The van der Waals surface area contributed by atoms with Gasteiger partial charge in [-0.25, -0.2) is 8.78 Å². The van der Waals surface area contributed by atoms with Gasteiger partial charge in [-0.3, -0.25) is 4.79 Å². The third kappa shape index (κ3) is 3.44. The minimum atomic E-state index is -0.839. The predicted molar refractivity (Wildman–Crippen MR) is 76.7 cm³/mol. The monoisotopic (exact) mass is 286 g/mol. The summed E-state index contributed by atoms with van der Waals surface area (Å²) in [5.74, 6) is 3.07. The Balaban J connectivity index is 2.33. The number of halogens is 2. The Bertz CT molecular complexity index is 712. The fraction of sp³-hybridized carbons (Fsp3) is 0.0625. The molecule has 0 fully saturated rings. The second-order valence-corrected chi connectivity index (χ2v) is 4.10. The predicted octanol–water partition coefficient (Wildman–Crippen LogP) is 2.53. The summed E-state index contributed by atoms with van der Waals surface area (Å²) >= 11 is 0. The Kier molecular flexibility index (Phi) is 4.64. The highest BCUT2D eigenvalue weighted by molar-refractivity contribution is 6.06. The lowest BCUT2D eigenvalue weighted by atomic mass is 10.1. The summed E-state index contributed by atoms with van der Waals surface area (Å²) in [4.78, 5) is 12.2. The van der Waals surface area contributed by atoms with Crippen molar-refractivity contribution < 1.29 is 13.6 Å². The smallest absolute Gasteiger partial charge is 0.257 e. The van der Waals surface area contributed by atoms with Crippen molar-refractivity contribution in [2.24, 2.45) is 5.73 Å². The van der Waals surface area contributed by atoms with Crippen molar-refractivity contribution in [1.29, 1.82) is 0 Å². The average molecular weight is 286 g/mol. The Morgan fingerprint density at radius 3 is 2.43 bits per heavy atom. The van der Waals surface area contributed by atoms with Crippen molar-refractivity contribution in [2.75, 3.05) is 11.9 Å². The van der Waals surface area contributed by atoms with Gasteiger partial charge in [-0.15, -0.1) is 0 Å². The number of carbonyl (C=O) groups is 1. The molecule has 2 rings (SSSR count). The number of nitrogens with two attached hydrogens (primary N) is 1. The summed E-state index contributed by atoms with van der Waals surface area (Å²) in [6.45, 7) is 0.151. The SMILES string of the molecule is NCC#Cc1ccccc1C(=O)Nc1c(F)cccc1F. The molecule has 1 amide bonds. The van der Waals surface area contributed by atoms with Gasteiger partial charge < -0.3 is 11.1 Å². The third-order valence-electron chi connectivity index (χ3n) is 2.70. The summed E-state index contributed by atoms with van der Waals surface area (Å²) < 4.78 is 27.1. The van der Waals surface area contributed by atoms with Crippen LogP contribution in [0.1, 0.15) is 15.9 Å². The molecule has 0 aliphatic heterocycles. The fourth-order valence-electron chi connectivity index (χ4n) is 1.73. The minimum absolute atomic E-state index is 0.151. The maximum Gasteiger partial charge on any atom is 0.257 e. The molecule has 0 atom stereocenters. The van der Waals surface area contributed by atoms with Crippen LogP contribution in [0.4, 0.5) is 14.5 Å². The molecule has 0 saturated carbocycles. The van der Waals surface area contributed by atoms with Crippen LogP contribution in [0.3, 0.4) is 0 Å². The minimum Gasteiger partial charge on any atom is -0.320 e. The molecule has 0 radical (unpaired) electrons. The van der Waals surface area contributed by atoms with E-state index in [9.17, 15) is 13.6 Å². The first kappa shape index (κ1) is 14.7. The molecule has 2 aromatic carbocycles. The van der Waals surface area contributed by atoms with Crippen LogP contribution in [0.15, 0.2) is 42.5 Å². The second kappa shape index (κ2) is 6.64. The van der Waals surface area contributed by atoms with Crippen LogP contribution < -0.4 is 11.1 Å². The van der Waals surface area contributed by atoms with E-state index in [4.69, 9.17) is 5.73 Å². The van der Waals surface area contributed by atoms with Crippen LogP contribution in [-0.4, -0.2) is 12.5 Å². The Morgan fingerprint density at radius 1 is 1.10 bits per heavy atom. The molecule has 0 aromatic heterocycles. The zero-order valence-electron chi connectivity index (χ0n) is 11.0. The molecule has 3 N–H and O–H groups in total. The second-order valence-electron chi connectivity index (χ2n) is 4.10. The Hall–Kier alpha value is -2.71. The quantitative estimate of drug-likeness (QED) is 0.834. The zero-order valence-corrected chi connectivity index (χ0v) is 11.0. The van der Waals surface area contributed by atoms with Crippen molar-refractivity contribution in [2.45, 2.75) is 0 Å². The van der Waals surface area contributed by atoms with Crippen molar-refractivity contribution in [3.63, 3.8) is 0 Å². The fourth-order valence-corrected chi connectivity index (χ4v) is 1.73. The van der Waals surface area contributed by atoms with Crippen molar-refractivity contribution in [3.05, 3.63) is 65.2 Å². The molecule has 0 unspecified atom stereocenters. The number of nitrogens with one attached hydrogen (secondary N) is 1. The third-order valence-corrected chi connectivity index (χ3v) is 2.70. The van der Waals surface area contributed by atoms with Gasteiger partial charge in [-0.05, 0) is 24.3 Å². The standard InChI is InChI=1S/C16H12F2N2O/c17-13-8-3-9-14(18)15(13)20-16(21)12-7-2-1-5-11(12)6-4-10-19/h1-3,5,7-9H,10,19H2,(H,20,21). The summed E-state index contributed by atoms with van der Waals surface area (Å²) in [5, 5.41) is 2.22. The topological polar surface area (TPSA) is 55.1 Å². The van der Waals surface area contributed by atoms with E-state index >= 15 is 0 Å². The lowest BCUT2D eigenvalue weighted by Gasteiger charge is -2.08. The van der Waals surface area contributed by atoms with E-state index in [1.54, 1.807) is 18.2 Å². The van der Waals surface area contributed by atoms with Gasteiger partial charge in [0.15, 0.2) is 0 Å². The number of anilines is 1. The molecule has 0 aliphatic rings. The first-order valence-corrected chi connectivity index (χ1v) is 6.17. The molecule has 0 aliphatic carbocycles. The van der Waals surface area contributed by atoms with E-state index < -0.39 is 23.2 Å². The number of hydrogen-bond donors (Lipinski definition) is 2. The van der Waals surface area contributed by atoms with Crippen LogP contribution in [0.5, 0.6) is 0 Å². The molecular formula is C16H12F2N2O. The number of rotatable bonds is 2. The number of hydrogen-bond acceptors (Lipinski definition) is 2. The largest absolute Gasteiger partial charge is 0.320 e. The average Bonchev–Trinajstić information content (AvgIpc) is 2.49.